The highest BCUT2D eigenvalue weighted by atomic mass is 35.5. The van der Waals surface area contributed by atoms with Crippen molar-refractivity contribution >= 4 is 34.1 Å². The standard InChI is InChI=1S/C21H24ClN3O2/c1-14(26)23-11-10-18-19-12-17(27-3)8-9-20(19)24-21(18)13-25(2)16-6-4-15(22)5-7-16/h4-9,12,24H,10-11,13H2,1-3H3,(H,23,26). The van der Waals surface area contributed by atoms with Crippen LogP contribution in [0.2, 0.25) is 5.02 Å². The normalized spacial score (nSPS) is 10.8. The van der Waals surface area contributed by atoms with Gasteiger partial charge in [0.1, 0.15) is 5.75 Å². The number of amides is 1. The number of ether oxygens (including phenoxy) is 1. The molecule has 2 aromatic carbocycles. The molecular formula is C21H24ClN3O2. The smallest absolute Gasteiger partial charge is 0.216 e. The molecule has 2 N–H and O–H groups in total. The summed E-state index contributed by atoms with van der Waals surface area (Å²) in [5, 5.41) is 4.73. The molecule has 3 rings (SSSR count). The Morgan fingerprint density at radius 2 is 1.96 bits per heavy atom. The molecule has 1 heterocycles. The monoisotopic (exact) mass is 385 g/mol. The van der Waals surface area contributed by atoms with Crippen LogP contribution in [0, 0.1) is 0 Å². The highest BCUT2D eigenvalue weighted by Crippen LogP contribution is 2.29. The highest BCUT2D eigenvalue weighted by molar-refractivity contribution is 6.30. The summed E-state index contributed by atoms with van der Waals surface area (Å²) in [6.07, 6.45) is 0.747. The molecule has 0 aliphatic carbocycles. The lowest BCUT2D eigenvalue weighted by atomic mass is 10.1. The number of methoxy groups -OCH3 is 1. The molecule has 0 saturated heterocycles. The second-order valence-corrected chi connectivity index (χ2v) is 7.00. The molecular weight excluding hydrogens is 362 g/mol. The van der Waals surface area contributed by atoms with Crippen LogP contribution in [0.25, 0.3) is 10.9 Å². The summed E-state index contributed by atoms with van der Waals surface area (Å²) in [5.41, 5.74) is 4.47. The van der Waals surface area contributed by atoms with Gasteiger partial charge in [-0.15, -0.1) is 0 Å². The number of nitrogens with one attached hydrogen (secondary N) is 2. The van der Waals surface area contributed by atoms with Crippen molar-refractivity contribution in [2.45, 2.75) is 19.9 Å². The summed E-state index contributed by atoms with van der Waals surface area (Å²) in [5.74, 6) is 0.798. The first-order valence-electron chi connectivity index (χ1n) is 8.86. The number of hydrogen-bond acceptors (Lipinski definition) is 3. The van der Waals surface area contributed by atoms with E-state index in [-0.39, 0.29) is 5.91 Å². The Bertz CT molecular complexity index is 934. The van der Waals surface area contributed by atoms with Gasteiger partial charge >= 0.3 is 0 Å². The lowest BCUT2D eigenvalue weighted by Crippen LogP contribution is -2.23. The Morgan fingerprint density at radius 1 is 1.22 bits per heavy atom. The van der Waals surface area contributed by atoms with Gasteiger partial charge in [0.05, 0.1) is 13.7 Å². The molecule has 0 radical (unpaired) electrons. The van der Waals surface area contributed by atoms with Crippen LogP contribution in [0.15, 0.2) is 42.5 Å². The van der Waals surface area contributed by atoms with Gasteiger partial charge in [0.25, 0.3) is 0 Å². The lowest BCUT2D eigenvalue weighted by molar-refractivity contribution is -0.118. The lowest BCUT2D eigenvalue weighted by Gasteiger charge is -2.20. The summed E-state index contributed by atoms with van der Waals surface area (Å²) in [6, 6.07) is 13.8. The maximum Gasteiger partial charge on any atom is 0.216 e. The fraction of sp³-hybridized carbons (Fsp3) is 0.286. The Kier molecular flexibility index (Phi) is 5.91. The number of halogens is 1. The van der Waals surface area contributed by atoms with Crippen molar-refractivity contribution in [2.75, 3.05) is 25.6 Å². The second-order valence-electron chi connectivity index (χ2n) is 6.56. The summed E-state index contributed by atoms with van der Waals surface area (Å²) in [6.45, 7) is 2.85. The van der Waals surface area contributed by atoms with Gasteiger partial charge in [0.2, 0.25) is 5.91 Å². The Balaban J connectivity index is 1.92. The third kappa shape index (κ3) is 4.55. The zero-order valence-electron chi connectivity index (χ0n) is 15.8. The van der Waals surface area contributed by atoms with Gasteiger partial charge in [-0.3, -0.25) is 4.79 Å². The predicted molar refractivity (Wildman–Crippen MR) is 111 cm³/mol. The minimum absolute atomic E-state index is 0.0211. The molecule has 142 valence electrons. The van der Waals surface area contributed by atoms with E-state index < -0.39 is 0 Å². The van der Waals surface area contributed by atoms with Crippen LogP contribution in [0.1, 0.15) is 18.2 Å². The molecule has 3 aromatic rings. The van der Waals surface area contributed by atoms with E-state index in [0.29, 0.717) is 13.1 Å². The predicted octanol–water partition coefficient (Wildman–Crippen LogP) is 4.14. The van der Waals surface area contributed by atoms with Crippen LogP contribution in [-0.4, -0.2) is 31.6 Å². The van der Waals surface area contributed by atoms with Crippen molar-refractivity contribution in [3.63, 3.8) is 0 Å². The van der Waals surface area contributed by atoms with Gasteiger partial charge < -0.3 is 19.9 Å². The van der Waals surface area contributed by atoms with E-state index >= 15 is 0 Å². The third-order valence-electron chi connectivity index (χ3n) is 4.61. The van der Waals surface area contributed by atoms with E-state index in [1.165, 1.54) is 12.5 Å². The molecule has 0 atom stereocenters. The number of hydrogen-bond donors (Lipinski definition) is 2. The van der Waals surface area contributed by atoms with Gasteiger partial charge in [-0.1, -0.05) is 11.6 Å². The zero-order chi connectivity index (χ0) is 19.4. The van der Waals surface area contributed by atoms with Crippen molar-refractivity contribution in [2.24, 2.45) is 0 Å². The first kappa shape index (κ1) is 19.1. The quantitative estimate of drug-likeness (QED) is 0.642. The first-order chi connectivity index (χ1) is 13.0. The van der Waals surface area contributed by atoms with Crippen LogP contribution >= 0.6 is 11.6 Å². The van der Waals surface area contributed by atoms with Gasteiger partial charge in [0.15, 0.2) is 0 Å². The highest BCUT2D eigenvalue weighted by Gasteiger charge is 2.14. The summed E-state index contributed by atoms with van der Waals surface area (Å²) in [4.78, 5) is 17.0. The summed E-state index contributed by atoms with van der Waals surface area (Å²) < 4.78 is 5.38. The number of aromatic amines is 1. The fourth-order valence-corrected chi connectivity index (χ4v) is 3.34. The molecule has 0 spiro atoms. The van der Waals surface area contributed by atoms with E-state index in [1.54, 1.807) is 7.11 Å². The summed E-state index contributed by atoms with van der Waals surface area (Å²) >= 11 is 6.00. The number of H-pyrrole nitrogens is 1. The van der Waals surface area contributed by atoms with Gasteiger partial charge in [0, 0.05) is 47.8 Å². The van der Waals surface area contributed by atoms with E-state index in [1.807, 2.05) is 49.5 Å². The number of fused-ring (bicyclic) bond motifs is 1. The SMILES string of the molecule is COc1ccc2[nH]c(CN(C)c3ccc(Cl)cc3)c(CCNC(C)=O)c2c1. The van der Waals surface area contributed by atoms with Crippen molar-refractivity contribution in [1.29, 1.82) is 0 Å². The van der Waals surface area contributed by atoms with E-state index in [9.17, 15) is 4.79 Å². The molecule has 5 nitrogen and oxygen atoms in total. The number of benzene rings is 2. The Morgan fingerprint density at radius 3 is 2.63 bits per heavy atom. The van der Waals surface area contributed by atoms with Crippen LogP contribution in [-0.2, 0) is 17.8 Å². The molecule has 0 aliphatic heterocycles. The number of aromatic nitrogens is 1. The molecule has 0 saturated carbocycles. The minimum Gasteiger partial charge on any atom is -0.497 e. The maximum atomic E-state index is 11.3. The van der Waals surface area contributed by atoms with Crippen molar-refractivity contribution < 1.29 is 9.53 Å². The average Bonchev–Trinajstić information content (AvgIpc) is 2.98. The van der Waals surface area contributed by atoms with Crippen LogP contribution in [0.5, 0.6) is 5.75 Å². The van der Waals surface area contributed by atoms with Gasteiger partial charge in [-0.2, -0.15) is 0 Å². The molecule has 0 fully saturated rings. The first-order valence-corrected chi connectivity index (χ1v) is 9.24. The molecule has 0 bridgehead atoms. The molecule has 1 amide bonds. The van der Waals surface area contributed by atoms with Crippen molar-refractivity contribution in [1.82, 2.24) is 10.3 Å². The number of carbonyl (C=O) groups is 1. The van der Waals surface area contributed by atoms with Gasteiger partial charge in [-0.05, 0) is 54.4 Å². The minimum atomic E-state index is -0.0211. The van der Waals surface area contributed by atoms with E-state index in [0.717, 1.165) is 39.5 Å². The Labute approximate surface area is 164 Å². The Hall–Kier alpha value is -2.66. The molecule has 1 aromatic heterocycles. The largest absolute Gasteiger partial charge is 0.497 e. The topological polar surface area (TPSA) is 57.4 Å². The zero-order valence-corrected chi connectivity index (χ0v) is 16.6. The van der Waals surface area contributed by atoms with Gasteiger partial charge in [-0.25, -0.2) is 0 Å². The van der Waals surface area contributed by atoms with E-state index in [4.69, 9.17) is 16.3 Å². The van der Waals surface area contributed by atoms with E-state index in [2.05, 4.69) is 15.2 Å². The van der Waals surface area contributed by atoms with Crippen LogP contribution < -0.4 is 15.0 Å². The molecule has 0 unspecified atom stereocenters. The molecule has 6 heteroatoms. The molecule has 27 heavy (non-hydrogen) atoms. The average molecular weight is 386 g/mol. The second kappa shape index (κ2) is 8.35. The maximum absolute atomic E-state index is 11.3. The third-order valence-corrected chi connectivity index (χ3v) is 4.87. The number of anilines is 1. The van der Waals surface area contributed by atoms with Crippen LogP contribution in [0.4, 0.5) is 5.69 Å². The molecule has 0 aliphatic rings. The number of rotatable bonds is 7. The van der Waals surface area contributed by atoms with Crippen molar-refractivity contribution in [3.05, 3.63) is 58.7 Å². The number of nitrogens with zero attached hydrogens (tertiary/aromatic N) is 1. The van der Waals surface area contributed by atoms with Crippen LogP contribution in [0.3, 0.4) is 0 Å². The fourth-order valence-electron chi connectivity index (χ4n) is 3.22. The summed E-state index contributed by atoms with van der Waals surface area (Å²) in [7, 11) is 3.72. The van der Waals surface area contributed by atoms with Crippen molar-refractivity contribution in [3.8, 4) is 5.75 Å². The number of carbonyl (C=O) groups excluding carboxylic acids is 1.